The van der Waals surface area contributed by atoms with Crippen molar-refractivity contribution in [2.45, 2.75) is 11.9 Å². The summed E-state index contributed by atoms with van der Waals surface area (Å²) < 4.78 is 28.7. The van der Waals surface area contributed by atoms with E-state index in [9.17, 15) is 8.42 Å². The number of fused-ring (bicyclic) bond motifs is 1. The van der Waals surface area contributed by atoms with Gasteiger partial charge < -0.3 is 5.73 Å². The van der Waals surface area contributed by atoms with Crippen molar-refractivity contribution in [1.29, 1.82) is 0 Å². The first-order valence-electron chi connectivity index (χ1n) is 5.64. The van der Waals surface area contributed by atoms with Crippen LogP contribution in [0.1, 0.15) is 5.56 Å². The molecular weight excluding hydrogens is 298 g/mol. The molecule has 3 rings (SSSR count). The van der Waals surface area contributed by atoms with E-state index in [1.54, 1.807) is 23.7 Å². The predicted molar refractivity (Wildman–Crippen MR) is 77.3 cm³/mol. The summed E-state index contributed by atoms with van der Waals surface area (Å²) in [4.78, 5) is 8.52. The van der Waals surface area contributed by atoms with E-state index in [1.165, 1.54) is 21.9 Å². The molecule has 0 atom stereocenters. The van der Waals surface area contributed by atoms with E-state index in [2.05, 4.69) is 14.7 Å². The van der Waals surface area contributed by atoms with Crippen LogP contribution in [0.25, 0.3) is 4.96 Å². The lowest BCUT2D eigenvalue weighted by Crippen LogP contribution is -2.17. The lowest BCUT2D eigenvalue weighted by atomic mass is 10.3. The molecule has 104 valence electrons. The number of imidazole rings is 1. The van der Waals surface area contributed by atoms with Crippen LogP contribution in [0.5, 0.6) is 0 Å². The van der Waals surface area contributed by atoms with Gasteiger partial charge in [-0.15, -0.1) is 11.3 Å². The summed E-state index contributed by atoms with van der Waals surface area (Å²) in [5.41, 5.74) is 6.61. The van der Waals surface area contributed by atoms with Crippen molar-refractivity contribution < 1.29 is 8.42 Å². The first-order chi connectivity index (χ1) is 9.47. The van der Waals surface area contributed by atoms with Gasteiger partial charge in [0, 0.05) is 17.8 Å². The Hall–Kier alpha value is -2.13. The lowest BCUT2D eigenvalue weighted by molar-refractivity contribution is 0.597. The molecule has 0 aliphatic rings. The zero-order chi connectivity index (χ0) is 14.3. The molecule has 0 saturated heterocycles. The largest absolute Gasteiger partial charge is 0.381 e. The molecule has 0 aromatic carbocycles. The molecule has 0 aliphatic heterocycles. The zero-order valence-corrected chi connectivity index (χ0v) is 12.1. The number of rotatable bonds is 3. The minimum absolute atomic E-state index is 0.0306. The minimum atomic E-state index is -3.84. The van der Waals surface area contributed by atoms with Gasteiger partial charge in [-0.25, -0.2) is 9.97 Å². The van der Waals surface area contributed by atoms with Gasteiger partial charge in [-0.05, 0) is 24.6 Å². The summed E-state index contributed by atoms with van der Waals surface area (Å²) in [5, 5.41) is 1.67. The third-order valence-corrected chi connectivity index (χ3v) is 4.80. The highest BCUT2D eigenvalue weighted by Crippen LogP contribution is 2.24. The number of hydrogen-bond acceptors (Lipinski definition) is 6. The van der Waals surface area contributed by atoms with Crippen molar-refractivity contribution >= 4 is 38.0 Å². The van der Waals surface area contributed by atoms with E-state index in [4.69, 9.17) is 5.73 Å². The molecule has 0 amide bonds. The van der Waals surface area contributed by atoms with Crippen LogP contribution < -0.4 is 10.5 Å². The number of nitrogen functional groups attached to an aromatic ring is 1. The topological polar surface area (TPSA) is 102 Å². The molecule has 3 aromatic rings. The Morgan fingerprint density at radius 1 is 1.45 bits per heavy atom. The molecule has 20 heavy (non-hydrogen) atoms. The number of sulfonamides is 1. The van der Waals surface area contributed by atoms with E-state index in [0.717, 1.165) is 5.56 Å². The second-order valence-electron chi connectivity index (χ2n) is 4.18. The second kappa shape index (κ2) is 4.46. The first kappa shape index (κ1) is 12.9. The van der Waals surface area contributed by atoms with Crippen LogP contribution in [-0.4, -0.2) is 22.8 Å². The summed E-state index contributed by atoms with van der Waals surface area (Å²) in [6.45, 7) is 1.85. The quantitative estimate of drug-likeness (QED) is 0.763. The number of thiazole rings is 1. The highest BCUT2D eigenvalue weighted by molar-refractivity contribution is 7.92. The SMILES string of the molecule is Cc1ccnc(NS(=O)(=O)c2c(N)nc3sccn23)c1. The summed E-state index contributed by atoms with van der Waals surface area (Å²) in [7, 11) is -3.84. The van der Waals surface area contributed by atoms with E-state index >= 15 is 0 Å². The van der Waals surface area contributed by atoms with Crippen molar-refractivity contribution in [2.75, 3.05) is 10.5 Å². The Kier molecular flexibility index (Phi) is 2.87. The maximum absolute atomic E-state index is 12.4. The second-order valence-corrected chi connectivity index (χ2v) is 6.65. The smallest absolute Gasteiger partial charge is 0.282 e. The Balaban J connectivity index is 2.08. The number of aryl methyl sites for hydroxylation is 1. The molecule has 0 aliphatic carbocycles. The van der Waals surface area contributed by atoms with Crippen molar-refractivity contribution in [1.82, 2.24) is 14.4 Å². The van der Waals surface area contributed by atoms with Crippen LogP contribution >= 0.6 is 11.3 Å². The first-order valence-corrected chi connectivity index (χ1v) is 8.00. The fourth-order valence-electron chi connectivity index (χ4n) is 1.83. The zero-order valence-electron chi connectivity index (χ0n) is 10.4. The molecule has 3 aromatic heterocycles. The van der Waals surface area contributed by atoms with Gasteiger partial charge in [0.2, 0.25) is 5.03 Å². The molecular formula is C11H11N5O2S2. The van der Waals surface area contributed by atoms with E-state index in [0.29, 0.717) is 4.96 Å². The average Bonchev–Trinajstić information content (AvgIpc) is 2.87. The van der Waals surface area contributed by atoms with E-state index in [1.807, 2.05) is 6.92 Å². The highest BCUT2D eigenvalue weighted by atomic mass is 32.2. The third kappa shape index (κ3) is 2.10. The van der Waals surface area contributed by atoms with Crippen LogP contribution in [-0.2, 0) is 10.0 Å². The van der Waals surface area contributed by atoms with Crippen LogP contribution in [0.4, 0.5) is 11.6 Å². The molecule has 0 spiro atoms. The maximum Gasteiger partial charge on any atom is 0.282 e. The van der Waals surface area contributed by atoms with Crippen LogP contribution in [0.15, 0.2) is 34.9 Å². The van der Waals surface area contributed by atoms with Crippen LogP contribution in [0.3, 0.4) is 0 Å². The van der Waals surface area contributed by atoms with E-state index in [-0.39, 0.29) is 16.7 Å². The maximum atomic E-state index is 12.4. The fraction of sp³-hybridized carbons (Fsp3) is 0.0909. The number of aromatic nitrogens is 3. The molecule has 3 heterocycles. The Bertz CT molecular complexity index is 881. The molecule has 7 nitrogen and oxygen atoms in total. The summed E-state index contributed by atoms with van der Waals surface area (Å²) >= 11 is 1.31. The molecule has 0 bridgehead atoms. The summed E-state index contributed by atoms with van der Waals surface area (Å²) in [6.07, 6.45) is 3.15. The van der Waals surface area contributed by atoms with Crippen molar-refractivity contribution in [3.63, 3.8) is 0 Å². The number of nitrogens with zero attached hydrogens (tertiary/aromatic N) is 3. The van der Waals surface area contributed by atoms with Gasteiger partial charge in [0.1, 0.15) is 5.82 Å². The molecule has 0 radical (unpaired) electrons. The molecule has 3 N–H and O–H groups in total. The number of pyridine rings is 1. The van der Waals surface area contributed by atoms with Gasteiger partial charge in [0.05, 0.1) is 0 Å². The Morgan fingerprint density at radius 2 is 2.25 bits per heavy atom. The Labute approximate surface area is 119 Å². The summed E-state index contributed by atoms with van der Waals surface area (Å²) in [5.74, 6) is 0.214. The third-order valence-electron chi connectivity index (χ3n) is 2.65. The van der Waals surface area contributed by atoms with Gasteiger partial charge >= 0.3 is 0 Å². The number of hydrogen-bond donors (Lipinski definition) is 2. The highest BCUT2D eigenvalue weighted by Gasteiger charge is 2.25. The molecule has 0 saturated carbocycles. The van der Waals surface area contributed by atoms with Gasteiger partial charge in [0.25, 0.3) is 10.0 Å². The van der Waals surface area contributed by atoms with Gasteiger partial charge in [-0.2, -0.15) is 8.42 Å². The van der Waals surface area contributed by atoms with Crippen LogP contribution in [0.2, 0.25) is 0 Å². The lowest BCUT2D eigenvalue weighted by Gasteiger charge is -2.07. The molecule has 0 unspecified atom stereocenters. The molecule has 0 fully saturated rings. The van der Waals surface area contributed by atoms with Crippen molar-refractivity contribution in [2.24, 2.45) is 0 Å². The Morgan fingerprint density at radius 3 is 3.00 bits per heavy atom. The number of anilines is 2. The van der Waals surface area contributed by atoms with Crippen molar-refractivity contribution in [3.05, 3.63) is 35.5 Å². The summed E-state index contributed by atoms with van der Waals surface area (Å²) in [6, 6.07) is 3.42. The van der Waals surface area contributed by atoms with Gasteiger partial charge in [0.15, 0.2) is 10.8 Å². The van der Waals surface area contributed by atoms with Gasteiger partial charge in [-0.3, -0.25) is 9.12 Å². The number of nitrogens with one attached hydrogen (secondary N) is 1. The minimum Gasteiger partial charge on any atom is -0.381 e. The normalized spacial score (nSPS) is 11.8. The number of nitrogens with two attached hydrogens (primary N) is 1. The standard InChI is InChI=1S/C11H11N5O2S2/c1-7-2-3-13-8(6-7)15-20(17,18)10-9(12)14-11-16(10)4-5-19-11/h2-6H,12H2,1H3,(H,13,15). The van der Waals surface area contributed by atoms with E-state index < -0.39 is 10.0 Å². The fourth-order valence-corrected chi connectivity index (χ4v) is 3.82. The van der Waals surface area contributed by atoms with Crippen molar-refractivity contribution in [3.8, 4) is 0 Å². The van der Waals surface area contributed by atoms with Gasteiger partial charge in [-0.1, -0.05) is 0 Å². The average molecular weight is 309 g/mol. The molecule has 9 heteroatoms. The monoisotopic (exact) mass is 309 g/mol. The predicted octanol–water partition coefficient (Wildman–Crippen LogP) is 1.48. The van der Waals surface area contributed by atoms with Crippen LogP contribution in [0, 0.1) is 6.92 Å².